The van der Waals surface area contributed by atoms with Gasteiger partial charge in [0.1, 0.15) is 5.82 Å². The molecule has 0 amide bonds. The van der Waals surface area contributed by atoms with Crippen LogP contribution in [0.25, 0.3) is 0 Å². The number of hydrogen-bond acceptors (Lipinski definition) is 2. The molecule has 0 aromatic heterocycles. The van der Waals surface area contributed by atoms with Crippen LogP contribution in [-0.4, -0.2) is 0 Å². The van der Waals surface area contributed by atoms with E-state index < -0.39 is 0 Å². The summed E-state index contributed by atoms with van der Waals surface area (Å²) >= 11 is 0. The third-order valence-electron chi connectivity index (χ3n) is 3.31. The number of hydrogen-bond donors (Lipinski definition) is 2. The SMILES string of the molecule is Cc1cccc(CC(NN)c2ccc(F)c(C)c2)c1. The average Bonchev–Trinajstić information content (AvgIpc) is 2.39. The van der Waals surface area contributed by atoms with E-state index in [1.165, 1.54) is 17.2 Å². The molecule has 0 aliphatic carbocycles. The van der Waals surface area contributed by atoms with Gasteiger partial charge in [0.05, 0.1) is 0 Å². The minimum Gasteiger partial charge on any atom is -0.271 e. The zero-order chi connectivity index (χ0) is 13.8. The number of rotatable bonds is 4. The van der Waals surface area contributed by atoms with Crippen molar-refractivity contribution < 1.29 is 4.39 Å². The van der Waals surface area contributed by atoms with Gasteiger partial charge in [-0.05, 0) is 43.0 Å². The molecule has 2 aromatic rings. The van der Waals surface area contributed by atoms with Crippen molar-refractivity contribution in [2.24, 2.45) is 5.84 Å². The first-order chi connectivity index (χ1) is 9.10. The first-order valence-electron chi connectivity index (χ1n) is 6.38. The Bertz CT molecular complexity index is 566. The van der Waals surface area contributed by atoms with Crippen LogP contribution in [0.3, 0.4) is 0 Å². The molecule has 1 unspecified atom stereocenters. The van der Waals surface area contributed by atoms with Crippen LogP contribution >= 0.6 is 0 Å². The molecule has 0 spiro atoms. The minimum atomic E-state index is -0.185. The summed E-state index contributed by atoms with van der Waals surface area (Å²) in [6.45, 7) is 3.83. The second-order valence-corrected chi connectivity index (χ2v) is 4.92. The molecule has 3 N–H and O–H groups in total. The Hall–Kier alpha value is -1.71. The van der Waals surface area contributed by atoms with Gasteiger partial charge in [-0.3, -0.25) is 11.3 Å². The number of hydrazine groups is 1. The molecule has 0 saturated heterocycles. The molecule has 1 atom stereocenters. The standard InChI is InChI=1S/C16H19FN2/c1-11-4-3-5-13(8-11)10-16(19-18)14-6-7-15(17)12(2)9-14/h3-9,16,19H,10,18H2,1-2H3. The van der Waals surface area contributed by atoms with E-state index in [9.17, 15) is 4.39 Å². The first kappa shape index (κ1) is 13.7. The summed E-state index contributed by atoms with van der Waals surface area (Å²) in [5, 5.41) is 0. The largest absolute Gasteiger partial charge is 0.271 e. The Morgan fingerprint density at radius 1 is 1.16 bits per heavy atom. The Morgan fingerprint density at radius 3 is 2.58 bits per heavy atom. The molecular weight excluding hydrogens is 239 g/mol. The molecule has 0 heterocycles. The zero-order valence-electron chi connectivity index (χ0n) is 11.3. The molecule has 2 aromatic carbocycles. The summed E-state index contributed by atoms with van der Waals surface area (Å²) in [6, 6.07) is 13.4. The van der Waals surface area contributed by atoms with E-state index in [0.717, 1.165) is 12.0 Å². The summed E-state index contributed by atoms with van der Waals surface area (Å²) in [4.78, 5) is 0. The summed E-state index contributed by atoms with van der Waals surface area (Å²) in [5.74, 6) is 5.45. The van der Waals surface area contributed by atoms with Crippen LogP contribution in [0.15, 0.2) is 42.5 Å². The number of nitrogens with one attached hydrogen (secondary N) is 1. The third kappa shape index (κ3) is 3.40. The molecule has 2 rings (SSSR count). The lowest BCUT2D eigenvalue weighted by atomic mass is 9.97. The van der Waals surface area contributed by atoms with Crippen LogP contribution in [0, 0.1) is 19.7 Å². The highest BCUT2D eigenvalue weighted by Gasteiger charge is 2.12. The van der Waals surface area contributed by atoms with Gasteiger partial charge in [0.25, 0.3) is 0 Å². The van der Waals surface area contributed by atoms with Crippen LogP contribution in [-0.2, 0) is 6.42 Å². The third-order valence-corrected chi connectivity index (χ3v) is 3.31. The van der Waals surface area contributed by atoms with Gasteiger partial charge >= 0.3 is 0 Å². The van der Waals surface area contributed by atoms with Gasteiger partial charge < -0.3 is 0 Å². The molecule has 0 radical (unpaired) electrons. The van der Waals surface area contributed by atoms with E-state index >= 15 is 0 Å². The highest BCUT2D eigenvalue weighted by molar-refractivity contribution is 5.29. The fourth-order valence-electron chi connectivity index (χ4n) is 2.23. The first-order valence-corrected chi connectivity index (χ1v) is 6.38. The Labute approximate surface area is 113 Å². The maximum absolute atomic E-state index is 13.3. The van der Waals surface area contributed by atoms with Crippen molar-refractivity contribution in [2.45, 2.75) is 26.3 Å². The normalized spacial score (nSPS) is 12.4. The number of halogens is 1. The fourth-order valence-corrected chi connectivity index (χ4v) is 2.23. The van der Waals surface area contributed by atoms with E-state index in [1.54, 1.807) is 13.0 Å². The van der Waals surface area contributed by atoms with Gasteiger partial charge in [0.15, 0.2) is 0 Å². The van der Waals surface area contributed by atoms with Crippen molar-refractivity contribution in [1.29, 1.82) is 0 Å². The van der Waals surface area contributed by atoms with Crippen molar-refractivity contribution in [3.63, 3.8) is 0 Å². The van der Waals surface area contributed by atoms with E-state index in [2.05, 4.69) is 30.5 Å². The molecule has 2 nitrogen and oxygen atoms in total. The lowest BCUT2D eigenvalue weighted by Gasteiger charge is -2.17. The zero-order valence-corrected chi connectivity index (χ0v) is 11.3. The Balaban J connectivity index is 2.22. The molecule has 3 heteroatoms. The Morgan fingerprint density at radius 2 is 1.95 bits per heavy atom. The van der Waals surface area contributed by atoms with Gasteiger partial charge in [0, 0.05) is 6.04 Å². The highest BCUT2D eigenvalue weighted by Crippen LogP contribution is 2.20. The number of aryl methyl sites for hydroxylation is 2. The van der Waals surface area contributed by atoms with Crippen LogP contribution in [0.2, 0.25) is 0 Å². The van der Waals surface area contributed by atoms with Gasteiger partial charge in [-0.15, -0.1) is 0 Å². The summed E-state index contributed by atoms with van der Waals surface area (Å²) in [7, 11) is 0. The molecular formula is C16H19FN2. The monoisotopic (exact) mass is 258 g/mol. The fraction of sp³-hybridized carbons (Fsp3) is 0.250. The van der Waals surface area contributed by atoms with Crippen molar-refractivity contribution in [1.82, 2.24) is 5.43 Å². The van der Waals surface area contributed by atoms with Crippen LogP contribution in [0.4, 0.5) is 4.39 Å². The average molecular weight is 258 g/mol. The predicted molar refractivity (Wildman–Crippen MR) is 76.1 cm³/mol. The van der Waals surface area contributed by atoms with Gasteiger partial charge in [-0.25, -0.2) is 4.39 Å². The second-order valence-electron chi connectivity index (χ2n) is 4.92. The second kappa shape index (κ2) is 5.95. The van der Waals surface area contributed by atoms with E-state index in [0.29, 0.717) is 5.56 Å². The van der Waals surface area contributed by atoms with Crippen molar-refractivity contribution in [3.05, 3.63) is 70.5 Å². The molecule has 0 aliphatic rings. The van der Waals surface area contributed by atoms with Crippen LogP contribution in [0.1, 0.15) is 28.3 Å². The molecule has 0 aliphatic heterocycles. The van der Waals surface area contributed by atoms with E-state index in [-0.39, 0.29) is 11.9 Å². The molecule has 100 valence electrons. The number of benzene rings is 2. The maximum Gasteiger partial charge on any atom is 0.126 e. The van der Waals surface area contributed by atoms with Gasteiger partial charge in [0.2, 0.25) is 0 Å². The van der Waals surface area contributed by atoms with Crippen LogP contribution < -0.4 is 11.3 Å². The van der Waals surface area contributed by atoms with E-state index in [4.69, 9.17) is 5.84 Å². The summed E-state index contributed by atoms with van der Waals surface area (Å²) in [5.41, 5.74) is 6.89. The Kier molecular flexibility index (Phi) is 4.30. The van der Waals surface area contributed by atoms with Crippen molar-refractivity contribution >= 4 is 0 Å². The predicted octanol–water partition coefficient (Wildman–Crippen LogP) is 3.19. The van der Waals surface area contributed by atoms with Gasteiger partial charge in [-0.1, -0.05) is 42.0 Å². The summed E-state index contributed by atoms with van der Waals surface area (Å²) < 4.78 is 13.3. The topological polar surface area (TPSA) is 38.0 Å². The smallest absolute Gasteiger partial charge is 0.126 e. The molecule has 0 fully saturated rings. The number of nitrogens with two attached hydrogens (primary N) is 1. The van der Waals surface area contributed by atoms with Crippen molar-refractivity contribution in [2.75, 3.05) is 0 Å². The van der Waals surface area contributed by atoms with Crippen molar-refractivity contribution in [3.8, 4) is 0 Å². The van der Waals surface area contributed by atoms with E-state index in [1.807, 2.05) is 12.1 Å². The van der Waals surface area contributed by atoms with Gasteiger partial charge in [-0.2, -0.15) is 0 Å². The minimum absolute atomic E-state index is 0.0129. The lowest BCUT2D eigenvalue weighted by molar-refractivity contribution is 0.548. The van der Waals surface area contributed by atoms with Crippen LogP contribution in [0.5, 0.6) is 0 Å². The lowest BCUT2D eigenvalue weighted by Crippen LogP contribution is -2.29. The highest BCUT2D eigenvalue weighted by atomic mass is 19.1. The quantitative estimate of drug-likeness (QED) is 0.653. The maximum atomic E-state index is 13.3. The molecule has 0 bridgehead atoms. The molecule has 0 saturated carbocycles. The summed E-state index contributed by atoms with van der Waals surface area (Å²) in [6.07, 6.45) is 0.781. The molecule has 19 heavy (non-hydrogen) atoms.